The van der Waals surface area contributed by atoms with Crippen molar-refractivity contribution in [1.29, 1.82) is 0 Å². The molecule has 15 heavy (non-hydrogen) atoms. The summed E-state index contributed by atoms with van der Waals surface area (Å²) in [7, 11) is 0. The van der Waals surface area contributed by atoms with Crippen LogP contribution in [0.4, 0.5) is 13.2 Å². The molecule has 0 bridgehead atoms. The first-order valence-corrected chi connectivity index (χ1v) is 3.80. The lowest BCUT2D eigenvalue weighted by Crippen LogP contribution is -2.19. The van der Waals surface area contributed by atoms with E-state index in [4.69, 9.17) is 5.11 Å². The zero-order valence-electron chi connectivity index (χ0n) is 7.28. The Labute approximate surface area is 82.3 Å². The predicted octanol–water partition coefficient (Wildman–Crippen LogP) is 1.61. The molecule has 0 aromatic carbocycles. The summed E-state index contributed by atoms with van der Waals surface area (Å²) in [5.74, 6) is -1.98. The largest absolute Gasteiger partial charge is 0.574 e. The summed E-state index contributed by atoms with van der Waals surface area (Å²) in [6, 6.07) is 2.55. The molecule has 0 radical (unpaired) electrons. The number of aromatic nitrogens is 1. The number of hydrogen-bond acceptors (Lipinski definition) is 3. The average Bonchev–Trinajstić information content (AvgIpc) is 2.05. The van der Waals surface area contributed by atoms with Gasteiger partial charge >= 0.3 is 12.3 Å². The quantitative estimate of drug-likeness (QED) is 0.842. The molecule has 0 fully saturated rings. The van der Waals surface area contributed by atoms with E-state index >= 15 is 0 Å². The van der Waals surface area contributed by atoms with Crippen molar-refractivity contribution in [3.8, 4) is 5.88 Å². The molecular formula is C8H6F3NO3. The molecule has 0 amide bonds. The molecule has 1 heterocycles. The fraction of sp³-hybridized carbons (Fsp3) is 0.250. The molecule has 82 valence electrons. The number of alkyl halides is 3. The summed E-state index contributed by atoms with van der Waals surface area (Å²) in [6.45, 7) is 0. The predicted molar refractivity (Wildman–Crippen MR) is 42.3 cm³/mol. The maximum absolute atomic E-state index is 11.8. The number of pyridine rings is 1. The van der Waals surface area contributed by atoms with E-state index in [0.29, 0.717) is 0 Å². The van der Waals surface area contributed by atoms with Crippen molar-refractivity contribution in [2.75, 3.05) is 0 Å². The van der Waals surface area contributed by atoms with Gasteiger partial charge in [0.25, 0.3) is 0 Å². The Morgan fingerprint density at radius 2 is 2.20 bits per heavy atom. The Morgan fingerprint density at radius 1 is 1.53 bits per heavy atom. The molecule has 1 N–H and O–H groups in total. The Bertz CT molecular complexity index is 364. The Morgan fingerprint density at radius 3 is 2.73 bits per heavy atom. The first-order chi connectivity index (χ1) is 6.88. The third-order valence-electron chi connectivity index (χ3n) is 1.40. The van der Waals surface area contributed by atoms with Gasteiger partial charge in [0.1, 0.15) is 0 Å². The fourth-order valence-electron chi connectivity index (χ4n) is 0.923. The molecule has 0 aliphatic heterocycles. The summed E-state index contributed by atoms with van der Waals surface area (Å²) >= 11 is 0. The van der Waals surface area contributed by atoms with Crippen LogP contribution in [0.5, 0.6) is 5.88 Å². The third-order valence-corrected chi connectivity index (χ3v) is 1.40. The van der Waals surface area contributed by atoms with E-state index < -0.39 is 24.6 Å². The van der Waals surface area contributed by atoms with E-state index in [-0.39, 0.29) is 5.56 Å². The SMILES string of the molecule is O=C(O)Cc1cccnc1OC(F)(F)F. The van der Waals surface area contributed by atoms with Gasteiger partial charge in [-0.1, -0.05) is 6.07 Å². The van der Waals surface area contributed by atoms with Gasteiger partial charge in [-0.05, 0) is 6.07 Å². The molecule has 0 atom stereocenters. The van der Waals surface area contributed by atoms with Crippen molar-refractivity contribution in [3.63, 3.8) is 0 Å². The monoisotopic (exact) mass is 221 g/mol. The highest BCUT2D eigenvalue weighted by molar-refractivity contribution is 5.70. The number of rotatable bonds is 3. The number of carboxylic acids is 1. The van der Waals surface area contributed by atoms with Crippen LogP contribution in [0.2, 0.25) is 0 Å². The van der Waals surface area contributed by atoms with Crippen molar-refractivity contribution in [1.82, 2.24) is 4.98 Å². The van der Waals surface area contributed by atoms with E-state index in [9.17, 15) is 18.0 Å². The molecule has 1 aromatic rings. The average molecular weight is 221 g/mol. The van der Waals surface area contributed by atoms with Crippen molar-refractivity contribution < 1.29 is 27.8 Å². The van der Waals surface area contributed by atoms with Crippen LogP contribution >= 0.6 is 0 Å². The summed E-state index contributed by atoms with van der Waals surface area (Å²) in [5.41, 5.74) is -0.123. The van der Waals surface area contributed by atoms with Gasteiger partial charge in [-0.15, -0.1) is 13.2 Å². The summed E-state index contributed by atoms with van der Waals surface area (Å²) < 4.78 is 39.1. The zero-order chi connectivity index (χ0) is 11.5. The lowest BCUT2D eigenvalue weighted by atomic mass is 10.2. The topological polar surface area (TPSA) is 59.4 Å². The second kappa shape index (κ2) is 4.16. The minimum atomic E-state index is -4.87. The van der Waals surface area contributed by atoms with Crippen LogP contribution in [-0.2, 0) is 11.2 Å². The van der Waals surface area contributed by atoms with E-state index in [2.05, 4.69) is 9.72 Å². The van der Waals surface area contributed by atoms with Gasteiger partial charge in [0.15, 0.2) is 0 Å². The highest BCUT2D eigenvalue weighted by Crippen LogP contribution is 2.24. The molecular weight excluding hydrogens is 215 g/mol. The van der Waals surface area contributed by atoms with Gasteiger partial charge in [-0.2, -0.15) is 0 Å². The first-order valence-electron chi connectivity index (χ1n) is 3.80. The Hall–Kier alpha value is -1.79. The second-order valence-corrected chi connectivity index (χ2v) is 2.59. The molecule has 0 unspecified atom stereocenters. The van der Waals surface area contributed by atoms with Crippen LogP contribution in [0.3, 0.4) is 0 Å². The molecule has 0 aliphatic rings. The molecule has 0 saturated heterocycles. The highest BCUT2D eigenvalue weighted by Gasteiger charge is 2.32. The minimum Gasteiger partial charge on any atom is -0.481 e. The summed E-state index contributed by atoms with van der Waals surface area (Å²) in [6.07, 6.45) is -4.35. The standard InChI is InChI=1S/C8H6F3NO3/c9-8(10,11)15-7-5(4-6(13)14)2-1-3-12-7/h1-3H,4H2,(H,13,14). The molecule has 4 nitrogen and oxygen atoms in total. The maximum atomic E-state index is 11.8. The van der Waals surface area contributed by atoms with E-state index in [1.807, 2.05) is 0 Å². The van der Waals surface area contributed by atoms with Crippen LogP contribution in [0.15, 0.2) is 18.3 Å². The van der Waals surface area contributed by atoms with Crippen LogP contribution in [0.25, 0.3) is 0 Å². The van der Waals surface area contributed by atoms with E-state index in [1.165, 1.54) is 12.1 Å². The fourth-order valence-corrected chi connectivity index (χ4v) is 0.923. The van der Waals surface area contributed by atoms with Crippen molar-refractivity contribution in [2.45, 2.75) is 12.8 Å². The van der Waals surface area contributed by atoms with Crippen molar-refractivity contribution >= 4 is 5.97 Å². The van der Waals surface area contributed by atoms with Crippen LogP contribution in [-0.4, -0.2) is 22.4 Å². The van der Waals surface area contributed by atoms with Crippen LogP contribution in [0, 0.1) is 0 Å². The zero-order valence-corrected chi connectivity index (χ0v) is 7.28. The van der Waals surface area contributed by atoms with Crippen molar-refractivity contribution in [3.05, 3.63) is 23.9 Å². The molecule has 1 aromatic heterocycles. The third kappa shape index (κ3) is 3.84. The lowest BCUT2D eigenvalue weighted by molar-refractivity contribution is -0.276. The normalized spacial score (nSPS) is 11.1. The number of halogens is 3. The highest BCUT2D eigenvalue weighted by atomic mass is 19.4. The van der Waals surface area contributed by atoms with Crippen molar-refractivity contribution in [2.24, 2.45) is 0 Å². The summed E-state index contributed by atoms with van der Waals surface area (Å²) in [4.78, 5) is 13.6. The molecule has 0 saturated carbocycles. The van der Waals surface area contributed by atoms with Gasteiger partial charge in [0.05, 0.1) is 6.42 Å². The van der Waals surface area contributed by atoms with Gasteiger partial charge in [0, 0.05) is 11.8 Å². The molecule has 7 heteroatoms. The number of nitrogens with zero attached hydrogens (tertiary/aromatic N) is 1. The van der Waals surface area contributed by atoms with Gasteiger partial charge < -0.3 is 9.84 Å². The minimum absolute atomic E-state index is 0.123. The van der Waals surface area contributed by atoms with Gasteiger partial charge in [0.2, 0.25) is 5.88 Å². The van der Waals surface area contributed by atoms with Gasteiger partial charge in [-0.3, -0.25) is 4.79 Å². The molecule has 1 rings (SSSR count). The van der Waals surface area contributed by atoms with Crippen LogP contribution in [0.1, 0.15) is 5.56 Å². The number of hydrogen-bond donors (Lipinski definition) is 1. The Balaban J connectivity index is 2.91. The first kappa shape index (κ1) is 11.3. The number of carboxylic acid groups (broad SMARTS) is 1. The van der Waals surface area contributed by atoms with Gasteiger partial charge in [-0.25, -0.2) is 4.98 Å². The summed E-state index contributed by atoms with van der Waals surface area (Å²) in [5, 5.41) is 8.43. The lowest BCUT2D eigenvalue weighted by Gasteiger charge is -2.10. The Kier molecular flexibility index (Phi) is 3.13. The van der Waals surface area contributed by atoms with E-state index in [0.717, 1.165) is 6.20 Å². The molecule has 0 spiro atoms. The second-order valence-electron chi connectivity index (χ2n) is 2.59. The smallest absolute Gasteiger partial charge is 0.481 e. The van der Waals surface area contributed by atoms with E-state index in [1.54, 1.807) is 0 Å². The van der Waals surface area contributed by atoms with Crippen LogP contribution < -0.4 is 4.74 Å². The number of ether oxygens (including phenoxy) is 1. The molecule has 0 aliphatic carbocycles. The maximum Gasteiger partial charge on any atom is 0.574 e. The number of carbonyl (C=O) groups is 1. The number of aliphatic carboxylic acids is 1.